The van der Waals surface area contributed by atoms with Gasteiger partial charge >= 0.3 is 0 Å². The molecule has 0 bridgehead atoms. The van der Waals surface area contributed by atoms with E-state index in [0.29, 0.717) is 5.71 Å². The van der Waals surface area contributed by atoms with Crippen LogP contribution in [0.4, 0.5) is 0 Å². The second-order valence-electron chi connectivity index (χ2n) is 2.95. The van der Waals surface area contributed by atoms with E-state index in [1.165, 1.54) is 11.9 Å². The molecule has 2 rings (SSSR count). The summed E-state index contributed by atoms with van der Waals surface area (Å²) < 4.78 is 0. The number of hydrogen-bond donors (Lipinski definition) is 1. The largest absolute Gasteiger partial charge is 0.291 e. The number of hydrogen-bond acceptors (Lipinski definition) is 4. The van der Waals surface area contributed by atoms with E-state index in [-0.39, 0.29) is 11.0 Å². The van der Waals surface area contributed by atoms with Crippen LogP contribution in [0.25, 0.3) is 0 Å². The smallest absolute Gasteiger partial charge is 0.198 e. The predicted molar refractivity (Wildman–Crippen MR) is 57.0 cm³/mol. The van der Waals surface area contributed by atoms with E-state index in [4.69, 9.17) is 0 Å². The van der Waals surface area contributed by atoms with Crippen LogP contribution in [0.1, 0.15) is 12.5 Å². The van der Waals surface area contributed by atoms with Crippen LogP contribution in [0, 0.1) is 6.07 Å². The molecule has 0 aromatic heterocycles. The maximum atomic E-state index is 11.7. The van der Waals surface area contributed by atoms with Gasteiger partial charge in [-0.1, -0.05) is 24.3 Å². The Balaban J connectivity index is 2.35. The molecular weight excluding hydrogens is 196 g/mol. The van der Waals surface area contributed by atoms with E-state index in [9.17, 15) is 4.79 Å². The predicted octanol–water partition coefficient (Wildman–Crippen LogP) is 1.40. The molecule has 0 saturated heterocycles. The van der Waals surface area contributed by atoms with E-state index < -0.39 is 0 Å². The summed E-state index contributed by atoms with van der Waals surface area (Å²) in [7, 11) is 0. The van der Waals surface area contributed by atoms with Gasteiger partial charge in [-0.05, 0) is 24.9 Å². The molecule has 1 aromatic carbocycles. The highest BCUT2D eigenvalue weighted by Gasteiger charge is 2.24. The summed E-state index contributed by atoms with van der Waals surface area (Å²) >= 11 is 1.32. The van der Waals surface area contributed by atoms with Gasteiger partial charge in [0.05, 0.1) is 5.25 Å². The van der Waals surface area contributed by atoms with Crippen molar-refractivity contribution < 1.29 is 4.79 Å². The van der Waals surface area contributed by atoms with Gasteiger partial charge in [0.2, 0.25) is 0 Å². The summed E-state index contributed by atoms with van der Waals surface area (Å²) in [6, 6.07) is 10.3. The first-order chi connectivity index (χ1) is 6.79. The Labute approximate surface area is 86.7 Å². The summed E-state index contributed by atoms with van der Waals surface area (Å²) in [6.45, 7) is 1.86. The van der Waals surface area contributed by atoms with Gasteiger partial charge in [-0.3, -0.25) is 9.63 Å². The van der Waals surface area contributed by atoms with Gasteiger partial charge in [-0.2, -0.15) is 5.10 Å². The fourth-order valence-electron chi connectivity index (χ4n) is 1.19. The maximum absolute atomic E-state index is 11.7. The number of benzene rings is 1. The van der Waals surface area contributed by atoms with Gasteiger partial charge < -0.3 is 0 Å². The normalized spacial score (nSPS) is 21.4. The molecule has 4 heteroatoms. The molecule has 1 radical (unpaired) electrons. The second-order valence-corrected chi connectivity index (χ2v) is 4.08. The van der Waals surface area contributed by atoms with Crippen molar-refractivity contribution in [3.05, 3.63) is 35.9 Å². The van der Waals surface area contributed by atoms with Crippen molar-refractivity contribution in [1.82, 2.24) is 4.83 Å². The van der Waals surface area contributed by atoms with Crippen LogP contribution in [0.3, 0.4) is 0 Å². The number of Topliss-reactive ketones (excluding diaryl/α,β-unsaturated/α-hetero) is 1. The first kappa shape index (κ1) is 9.27. The van der Waals surface area contributed by atoms with Gasteiger partial charge in [0.15, 0.2) is 5.78 Å². The highest BCUT2D eigenvalue weighted by atomic mass is 32.2. The van der Waals surface area contributed by atoms with E-state index in [2.05, 4.69) is 16.0 Å². The van der Waals surface area contributed by atoms with Crippen LogP contribution in [-0.4, -0.2) is 16.7 Å². The Morgan fingerprint density at radius 2 is 2.43 bits per heavy atom. The summed E-state index contributed by atoms with van der Waals surface area (Å²) in [5.74, 6) is 0.0520. The highest BCUT2D eigenvalue weighted by molar-refractivity contribution is 7.98. The third-order valence-electron chi connectivity index (χ3n) is 1.95. The van der Waals surface area contributed by atoms with Crippen LogP contribution in [-0.2, 0) is 4.79 Å². The van der Waals surface area contributed by atoms with Gasteiger partial charge in [-0.25, -0.2) is 0 Å². The third-order valence-corrected chi connectivity index (χ3v) is 2.72. The topological polar surface area (TPSA) is 41.5 Å². The summed E-state index contributed by atoms with van der Waals surface area (Å²) in [5, 5.41) is 3.89. The zero-order valence-corrected chi connectivity index (χ0v) is 8.47. The number of hydrazone groups is 1. The van der Waals surface area contributed by atoms with Crippen LogP contribution >= 0.6 is 11.9 Å². The number of rotatable bonds is 1. The van der Waals surface area contributed by atoms with Crippen LogP contribution in [0.15, 0.2) is 29.4 Å². The fraction of sp³-hybridized carbons (Fsp3) is 0.200. The van der Waals surface area contributed by atoms with Crippen molar-refractivity contribution in [3.8, 4) is 0 Å². The molecule has 1 aliphatic heterocycles. The zero-order valence-electron chi connectivity index (χ0n) is 7.65. The molecular formula is C10H9N2OS. The van der Waals surface area contributed by atoms with Gasteiger partial charge in [0, 0.05) is 5.56 Å². The average molecular weight is 205 g/mol. The molecule has 1 unspecified atom stereocenters. The Kier molecular flexibility index (Phi) is 2.54. The SMILES string of the molecule is CC1SNN=C(c2[c]cccc2)C1=O. The molecule has 3 nitrogen and oxygen atoms in total. The summed E-state index contributed by atoms with van der Waals surface area (Å²) in [4.78, 5) is 14.5. The van der Waals surface area contributed by atoms with Crippen LogP contribution in [0.2, 0.25) is 0 Å². The molecule has 0 aliphatic carbocycles. The lowest BCUT2D eigenvalue weighted by Gasteiger charge is -2.16. The van der Waals surface area contributed by atoms with Crippen molar-refractivity contribution >= 4 is 23.4 Å². The minimum absolute atomic E-state index is 0.0520. The molecule has 1 aromatic rings. The van der Waals surface area contributed by atoms with Gasteiger partial charge in [0.25, 0.3) is 0 Å². The van der Waals surface area contributed by atoms with Crippen LogP contribution in [0.5, 0.6) is 0 Å². The van der Waals surface area contributed by atoms with Crippen molar-refractivity contribution in [1.29, 1.82) is 0 Å². The molecule has 0 fully saturated rings. The molecule has 14 heavy (non-hydrogen) atoms. The van der Waals surface area contributed by atoms with E-state index in [1.807, 2.05) is 25.1 Å². The maximum Gasteiger partial charge on any atom is 0.198 e. The fourth-order valence-corrected chi connectivity index (χ4v) is 1.71. The Bertz CT molecular complexity index is 375. The lowest BCUT2D eigenvalue weighted by Crippen LogP contribution is -2.32. The van der Waals surface area contributed by atoms with E-state index >= 15 is 0 Å². The third kappa shape index (κ3) is 1.65. The molecule has 0 saturated carbocycles. The Hall–Kier alpha value is -1.29. The molecule has 71 valence electrons. The molecule has 0 amide bonds. The van der Waals surface area contributed by atoms with Crippen molar-refractivity contribution in [2.45, 2.75) is 12.2 Å². The first-order valence-corrected chi connectivity index (χ1v) is 5.16. The van der Waals surface area contributed by atoms with E-state index in [1.54, 1.807) is 6.07 Å². The molecule has 1 atom stereocenters. The van der Waals surface area contributed by atoms with E-state index in [0.717, 1.165) is 5.56 Å². The molecule has 0 spiro atoms. The van der Waals surface area contributed by atoms with Gasteiger partial charge in [0.1, 0.15) is 5.71 Å². The number of carbonyl (C=O) groups is 1. The average Bonchev–Trinajstić information content (AvgIpc) is 2.23. The number of nitrogens with one attached hydrogen (secondary N) is 1. The molecule has 1 aliphatic rings. The van der Waals surface area contributed by atoms with Crippen molar-refractivity contribution in [2.75, 3.05) is 0 Å². The lowest BCUT2D eigenvalue weighted by molar-refractivity contribution is -0.112. The van der Waals surface area contributed by atoms with Gasteiger partial charge in [-0.15, -0.1) is 0 Å². The Morgan fingerprint density at radius 1 is 1.57 bits per heavy atom. The highest BCUT2D eigenvalue weighted by Crippen LogP contribution is 2.15. The number of nitrogens with zero attached hydrogens (tertiary/aromatic N) is 1. The standard InChI is InChI=1S/C10H9N2OS/c1-7-10(13)9(11-12-14-7)8-5-3-2-4-6-8/h2-5,7,12H,1H3. The van der Waals surface area contributed by atoms with Crippen molar-refractivity contribution in [2.24, 2.45) is 5.10 Å². The summed E-state index contributed by atoms with van der Waals surface area (Å²) in [6.07, 6.45) is 0. The van der Waals surface area contributed by atoms with Crippen molar-refractivity contribution in [3.63, 3.8) is 0 Å². The lowest BCUT2D eigenvalue weighted by atomic mass is 10.1. The zero-order chi connectivity index (χ0) is 9.97. The minimum atomic E-state index is -0.0869. The second kappa shape index (κ2) is 3.84. The quantitative estimate of drug-likeness (QED) is 0.705. The monoisotopic (exact) mass is 205 g/mol. The minimum Gasteiger partial charge on any atom is -0.291 e. The number of carbonyl (C=O) groups excluding carboxylic acids is 1. The Morgan fingerprint density at radius 3 is 3.14 bits per heavy atom. The van der Waals surface area contributed by atoms with Crippen LogP contribution < -0.4 is 4.83 Å². The first-order valence-electron chi connectivity index (χ1n) is 4.28. The number of ketones is 1. The molecule has 1 N–H and O–H groups in total. The molecule has 1 heterocycles. The summed E-state index contributed by atoms with van der Waals surface area (Å²) in [5.41, 5.74) is 1.22.